The molecular weight excluding hydrogens is 328 g/mol. The van der Waals surface area contributed by atoms with Crippen molar-refractivity contribution in [2.75, 3.05) is 0 Å². The summed E-state index contributed by atoms with van der Waals surface area (Å²) in [6.07, 6.45) is 0. The smallest absolute Gasteiger partial charge is 0.420 e. The van der Waals surface area contributed by atoms with Gasteiger partial charge < -0.3 is 9.15 Å². The highest BCUT2D eigenvalue weighted by Gasteiger charge is 2.22. The summed E-state index contributed by atoms with van der Waals surface area (Å²) in [6, 6.07) is 11.6. The summed E-state index contributed by atoms with van der Waals surface area (Å²) < 4.78 is 11.5. The summed E-state index contributed by atoms with van der Waals surface area (Å²) in [6.45, 7) is 1.49. The van der Waals surface area contributed by atoms with Crippen LogP contribution >= 0.6 is 0 Å². The average molecular weight is 342 g/mol. The molecule has 2 aromatic carbocycles. The maximum absolute atomic E-state index is 12.3. The van der Waals surface area contributed by atoms with Crippen molar-refractivity contribution in [1.29, 1.82) is 0 Å². The molecule has 0 saturated heterocycles. The normalized spacial score (nSPS) is 12.0. The maximum atomic E-state index is 12.3. The minimum Gasteiger partial charge on any atom is -0.459 e. The Morgan fingerprint density at radius 1 is 1.24 bits per heavy atom. The molecule has 0 aliphatic heterocycles. The van der Waals surface area contributed by atoms with E-state index in [4.69, 9.17) is 9.15 Å². The van der Waals surface area contributed by atoms with Gasteiger partial charge in [-0.05, 0) is 36.8 Å². The van der Waals surface area contributed by atoms with E-state index in [1.807, 2.05) is 0 Å². The third-order valence-electron chi connectivity index (χ3n) is 3.78. The van der Waals surface area contributed by atoms with Gasteiger partial charge in [-0.1, -0.05) is 12.1 Å². The van der Waals surface area contributed by atoms with Gasteiger partial charge in [-0.25, -0.2) is 9.59 Å². The molecule has 3 rings (SSSR count). The molecule has 25 heavy (non-hydrogen) atoms. The minimum absolute atomic E-state index is 0.0418. The summed E-state index contributed by atoms with van der Waals surface area (Å²) >= 11 is 0. The molecule has 0 amide bonds. The minimum atomic E-state index is -0.866. The number of carbonyl (C=O) groups is 1. The zero-order valence-corrected chi connectivity index (χ0v) is 13.2. The van der Waals surface area contributed by atoms with Gasteiger partial charge in [-0.2, -0.15) is 0 Å². The lowest BCUT2D eigenvalue weighted by atomic mass is 10.2. The first-order valence-electron chi connectivity index (χ1n) is 7.47. The first kappa shape index (κ1) is 16.4. The molecule has 0 unspecified atom stereocenters. The van der Waals surface area contributed by atoms with Crippen LogP contribution in [0.2, 0.25) is 0 Å². The molecule has 1 atom stereocenters. The Morgan fingerprint density at radius 2 is 1.92 bits per heavy atom. The van der Waals surface area contributed by atoms with Crippen molar-refractivity contribution in [2.24, 2.45) is 0 Å². The Morgan fingerprint density at radius 3 is 2.60 bits per heavy atom. The van der Waals surface area contributed by atoms with Crippen LogP contribution in [0.15, 0.2) is 57.7 Å². The number of nitro groups is 1. The van der Waals surface area contributed by atoms with E-state index in [0.717, 1.165) is 0 Å². The van der Waals surface area contributed by atoms with Crippen LogP contribution in [0.5, 0.6) is 0 Å². The fourth-order valence-electron chi connectivity index (χ4n) is 2.45. The second-order valence-corrected chi connectivity index (χ2v) is 5.41. The Kier molecular flexibility index (Phi) is 4.34. The number of nitro benzene ring substituents is 1. The average Bonchev–Trinajstić information content (AvgIpc) is 2.95. The lowest BCUT2D eigenvalue weighted by Gasteiger charge is -2.12. The van der Waals surface area contributed by atoms with E-state index in [1.165, 1.54) is 28.8 Å². The molecule has 0 aliphatic rings. The van der Waals surface area contributed by atoms with Crippen molar-refractivity contribution in [3.63, 3.8) is 0 Å². The number of rotatable bonds is 5. The summed E-state index contributed by atoms with van der Waals surface area (Å²) in [5.74, 6) is -1.24. The lowest BCUT2D eigenvalue weighted by molar-refractivity contribution is -0.384. The quantitative estimate of drug-likeness (QED) is 0.401. The van der Waals surface area contributed by atoms with E-state index in [0.29, 0.717) is 16.7 Å². The summed E-state index contributed by atoms with van der Waals surface area (Å²) in [4.78, 5) is 34.4. The van der Waals surface area contributed by atoms with Crippen molar-refractivity contribution in [1.82, 2.24) is 4.57 Å². The second-order valence-electron chi connectivity index (χ2n) is 5.41. The van der Waals surface area contributed by atoms with E-state index >= 15 is 0 Å². The van der Waals surface area contributed by atoms with Crippen molar-refractivity contribution in [3.05, 3.63) is 74.8 Å². The molecule has 0 fully saturated rings. The van der Waals surface area contributed by atoms with Crippen LogP contribution in [-0.4, -0.2) is 15.5 Å². The number of aromatic nitrogens is 1. The van der Waals surface area contributed by atoms with Gasteiger partial charge in [0.15, 0.2) is 5.58 Å². The SMILES string of the molecule is C[C@@H](C(=O)OCc1ccc([N+](=O)[O-])cc1)n1c(=O)oc2ccccc21. The van der Waals surface area contributed by atoms with Gasteiger partial charge in [0.1, 0.15) is 12.6 Å². The molecule has 0 radical (unpaired) electrons. The Labute approximate surface area is 141 Å². The molecule has 128 valence electrons. The highest BCUT2D eigenvalue weighted by atomic mass is 16.6. The maximum Gasteiger partial charge on any atom is 0.420 e. The number of oxazole rings is 1. The number of ether oxygens (including phenoxy) is 1. The molecule has 8 nitrogen and oxygen atoms in total. The number of nitrogens with zero attached hydrogens (tertiary/aromatic N) is 2. The van der Waals surface area contributed by atoms with Gasteiger partial charge >= 0.3 is 11.7 Å². The fourth-order valence-corrected chi connectivity index (χ4v) is 2.45. The van der Waals surface area contributed by atoms with Crippen LogP contribution in [0.4, 0.5) is 5.69 Å². The highest BCUT2D eigenvalue weighted by molar-refractivity contribution is 5.79. The predicted octanol–water partition coefficient (Wildman–Crippen LogP) is 2.81. The van der Waals surface area contributed by atoms with E-state index in [-0.39, 0.29) is 12.3 Å². The van der Waals surface area contributed by atoms with Crippen LogP contribution in [-0.2, 0) is 16.1 Å². The third-order valence-corrected chi connectivity index (χ3v) is 3.78. The number of hydrogen-bond donors (Lipinski definition) is 0. The Balaban J connectivity index is 1.73. The highest BCUT2D eigenvalue weighted by Crippen LogP contribution is 2.18. The zero-order chi connectivity index (χ0) is 18.0. The Bertz CT molecular complexity index is 986. The van der Waals surface area contributed by atoms with E-state index < -0.39 is 22.7 Å². The Hall–Kier alpha value is -3.42. The van der Waals surface area contributed by atoms with Crippen LogP contribution in [0.1, 0.15) is 18.5 Å². The van der Waals surface area contributed by atoms with E-state index in [9.17, 15) is 19.7 Å². The first-order valence-corrected chi connectivity index (χ1v) is 7.47. The predicted molar refractivity (Wildman–Crippen MR) is 88.1 cm³/mol. The number of non-ortho nitro benzene ring substituents is 1. The molecule has 0 bridgehead atoms. The fraction of sp³-hybridized carbons (Fsp3) is 0.176. The summed E-state index contributed by atoms with van der Waals surface area (Å²) in [5.41, 5.74) is 1.46. The molecule has 0 N–H and O–H groups in total. The third kappa shape index (κ3) is 3.27. The van der Waals surface area contributed by atoms with Crippen LogP contribution in [0.3, 0.4) is 0 Å². The van der Waals surface area contributed by atoms with Gasteiger partial charge in [-0.15, -0.1) is 0 Å². The second kappa shape index (κ2) is 6.60. The largest absolute Gasteiger partial charge is 0.459 e. The van der Waals surface area contributed by atoms with Gasteiger partial charge in [0, 0.05) is 12.1 Å². The summed E-state index contributed by atoms with van der Waals surface area (Å²) in [7, 11) is 0. The number of hydrogen-bond acceptors (Lipinski definition) is 6. The molecule has 3 aromatic rings. The lowest BCUT2D eigenvalue weighted by Crippen LogP contribution is -2.26. The molecule has 8 heteroatoms. The molecule has 1 aromatic heterocycles. The molecular formula is C17H14N2O6. The van der Waals surface area contributed by atoms with E-state index in [1.54, 1.807) is 31.2 Å². The number of carbonyl (C=O) groups excluding carboxylic acids is 1. The van der Waals surface area contributed by atoms with Gasteiger partial charge in [0.25, 0.3) is 5.69 Å². The summed E-state index contributed by atoms with van der Waals surface area (Å²) in [5, 5.41) is 10.6. The molecule has 0 saturated carbocycles. The van der Waals surface area contributed by atoms with Gasteiger partial charge in [-0.3, -0.25) is 14.7 Å². The molecule has 1 heterocycles. The standard InChI is InChI=1S/C17H14N2O6/c1-11(18-14-4-2-3-5-15(14)25-17(18)21)16(20)24-10-12-6-8-13(9-7-12)19(22)23/h2-9,11H,10H2,1H3/t11-/m0/s1. The number of fused-ring (bicyclic) bond motifs is 1. The topological polar surface area (TPSA) is 105 Å². The van der Waals surface area contributed by atoms with Gasteiger partial charge in [0.05, 0.1) is 10.4 Å². The number of benzene rings is 2. The van der Waals surface area contributed by atoms with Gasteiger partial charge in [0.2, 0.25) is 0 Å². The van der Waals surface area contributed by atoms with Crippen LogP contribution in [0.25, 0.3) is 11.1 Å². The monoisotopic (exact) mass is 342 g/mol. The van der Waals surface area contributed by atoms with Crippen molar-refractivity contribution < 1.29 is 18.9 Å². The van der Waals surface area contributed by atoms with Crippen molar-refractivity contribution in [2.45, 2.75) is 19.6 Å². The van der Waals surface area contributed by atoms with Crippen molar-refractivity contribution in [3.8, 4) is 0 Å². The van der Waals surface area contributed by atoms with Crippen LogP contribution < -0.4 is 5.76 Å². The molecule has 0 spiro atoms. The van der Waals surface area contributed by atoms with E-state index in [2.05, 4.69) is 0 Å². The zero-order valence-electron chi connectivity index (χ0n) is 13.2. The van der Waals surface area contributed by atoms with Crippen LogP contribution in [0, 0.1) is 10.1 Å². The molecule has 0 aliphatic carbocycles. The van der Waals surface area contributed by atoms with Crippen molar-refractivity contribution >= 4 is 22.8 Å². The number of esters is 1. The first-order chi connectivity index (χ1) is 12.0. The number of para-hydroxylation sites is 2.